The third-order valence-electron chi connectivity index (χ3n) is 3.55. The van der Waals surface area contributed by atoms with Gasteiger partial charge in [0.15, 0.2) is 0 Å². The smallest absolute Gasteiger partial charge is 0.0494 e. The first kappa shape index (κ1) is 14.2. The molecule has 1 aliphatic heterocycles. The maximum absolute atomic E-state index is 6.07. The second-order valence-electron chi connectivity index (χ2n) is 5.06. The number of rotatable bonds is 2. The summed E-state index contributed by atoms with van der Waals surface area (Å²) in [5.74, 6) is 0.571. The summed E-state index contributed by atoms with van der Waals surface area (Å²) in [4.78, 5) is 4.90. The molecule has 2 nitrogen and oxygen atoms in total. The van der Waals surface area contributed by atoms with E-state index in [1.807, 2.05) is 0 Å². The molecule has 0 aliphatic carbocycles. The quantitative estimate of drug-likeness (QED) is 0.762. The minimum absolute atomic E-state index is 0.522. The van der Waals surface area contributed by atoms with Crippen LogP contribution in [0.5, 0.6) is 0 Å². The van der Waals surface area contributed by atoms with E-state index in [0.29, 0.717) is 11.9 Å². The number of alkyl halides is 1. The molecule has 1 atom stereocenters. The summed E-state index contributed by atoms with van der Waals surface area (Å²) >= 11 is 9.63. The molecule has 0 saturated carbocycles. The lowest BCUT2D eigenvalue weighted by Gasteiger charge is -2.31. The van der Waals surface area contributed by atoms with E-state index in [9.17, 15) is 0 Å². The SMILES string of the molecule is CC1CN(C)CCCN1c1cc(Br)ccc1CCl. The molecule has 0 aromatic heterocycles. The van der Waals surface area contributed by atoms with Crippen molar-refractivity contribution in [2.24, 2.45) is 0 Å². The molecule has 0 spiro atoms. The van der Waals surface area contributed by atoms with Crippen LogP contribution in [-0.4, -0.2) is 37.6 Å². The minimum Gasteiger partial charge on any atom is -0.367 e. The maximum atomic E-state index is 6.07. The van der Waals surface area contributed by atoms with Crippen LogP contribution in [0.25, 0.3) is 0 Å². The Morgan fingerprint density at radius 2 is 2.17 bits per heavy atom. The Morgan fingerprint density at radius 1 is 1.39 bits per heavy atom. The topological polar surface area (TPSA) is 6.48 Å². The normalized spacial score (nSPS) is 22.0. The van der Waals surface area contributed by atoms with Crippen LogP contribution >= 0.6 is 27.5 Å². The summed E-state index contributed by atoms with van der Waals surface area (Å²) in [5, 5.41) is 0. The van der Waals surface area contributed by atoms with Gasteiger partial charge in [-0.2, -0.15) is 0 Å². The predicted molar refractivity (Wildman–Crippen MR) is 82.6 cm³/mol. The summed E-state index contributed by atoms with van der Waals surface area (Å²) in [6.45, 7) is 5.67. The third kappa shape index (κ3) is 3.19. The Hall–Kier alpha value is -0.250. The van der Waals surface area contributed by atoms with Crippen LogP contribution in [0.15, 0.2) is 22.7 Å². The highest BCUT2D eigenvalue weighted by Gasteiger charge is 2.21. The zero-order valence-corrected chi connectivity index (χ0v) is 13.3. The Kier molecular flexibility index (Phi) is 4.93. The molecular formula is C14H20BrClN2. The number of hydrogen-bond acceptors (Lipinski definition) is 2. The molecule has 0 amide bonds. The number of anilines is 1. The Morgan fingerprint density at radius 3 is 2.89 bits per heavy atom. The number of benzene rings is 1. The van der Waals surface area contributed by atoms with Crippen LogP contribution in [0.1, 0.15) is 18.9 Å². The summed E-state index contributed by atoms with van der Waals surface area (Å²) in [6.07, 6.45) is 1.20. The van der Waals surface area contributed by atoms with Gasteiger partial charge in [-0.25, -0.2) is 0 Å². The molecule has 18 heavy (non-hydrogen) atoms. The van der Waals surface area contributed by atoms with Crippen molar-refractivity contribution in [1.29, 1.82) is 0 Å². The molecular weight excluding hydrogens is 312 g/mol. The Bertz CT molecular complexity index is 411. The molecule has 0 N–H and O–H groups in total. The molecule has 0 bridgehead atoms. The monoisotopic (exact) mass is 330 g/mol. The lowest BCUT2D eigenvalue weighted by atomic mass is 10.1. The standard InChI is InChI=1S/C14H20BrClN2/c1-11-10-17(2)6-3-7-18(11)14-8-13(15)5-4-12(14)9-16/h4-5,8,11H,3,6-7,9-10H2,1-2H3. The average Bonchev–Trinajstić information content (AvgIpc) is 2.50. The van der Waals surface area contributed by atoms with E-state index >= 15 is 0 Å². The zero-order valence-electron chi connectivity index (χ0n) is 11.0. The van der Waals surface area contributed by atoms with Gasteiger partial charge in [0.1, 0.15) is 0 Å². The zero-order chi connectivity index (χ0) is 13.1. The van der Waals surface area contributed by atoms with Gasteiger partial charge in [-0.3, -0.25) is 0 Å². The number of nitrogens with zero attached hydrogens (tertiary/aromatic N) is 2. The number of halogens is 2. The van der Waals surface area contributed by atoms with E-state index in [0.717, 1.165) is 17.6 Å². The second-order valence-corrected chi connectivity index (χ2v) is 6.25. The van der Waals surface area contributed by atoms with E-state index in [-0.39, 0.29) is 0 Å². The molecule has 1 unspecified atom stereocenters. The van der Waals surface area contributed by atoms with Crippen LogP contribution in [-0.2, 0) is 5.88 Å². The molecule has 1 heterocycles. The highest BCUT2D eigenvalue weighted by atomic mass is 79.9. The summed E-state index contributed by atoms with van der Waals surface area (Å²) < 4.78 is 1.12. The van der Waals surface area contributed by atoms with E-state index in [1.54, 1.807) is 0 Å². The average molecular weight is 332 g/mol. The van der Waals surface area contributed by atoms with Gasteiger partial charge >= 0.3 is 0 Å². The van der Waals surface area contributed by atoms with Gasteiger partial charge < -0.3 is 9.80 Å². The van der Waals surface area contributed by atoms with Crippen molar-refractivity contribution in [3.63, 3.8) is 0 Å². The van der Waals surface area contributed by atoms with E-state index in [4.69, 9.17) is 11.6 Å². The van der Waals surface area contributed by atoms with Crippen LogP contribution in [0.4, 0.5) is 5.69 Å². The van der Waals surface area contributed by atoms with Gasteiger partial charge in [-0.15, -0.1) is 11.6 Å². The lowest BCUT2D eigenvalue weighted by molar-refractivity contribution is 0.337. The van der Waals surface area contributed by atoms with E-state index < -0.39 is 0 Å². The van der Waals surface area contributed by atoms with Crippen molar-refractivity contribution in [2.75, 3.05) is 31.6 Å². The van der Waals surface area contributed by atoms with Crippen molar-refractivity contribution in [2.45, 2.75) is 25.3 Å². The van der Waals surface area contributed by atoms with Gasteiger partial charge in [0.2, 0.25) is 0 Å². The van der Waals surface area contributed by atoms with Crippen molar-refractivity contribution < 1.29 is 0 Å². The van der Waals surface area contributed by atoms with Crippen molar-refractivity contribution >= 4 is 33.2 Å². The second kappa shape index (κ2) is 6.27. The molecule has 4 heteroatoms. The molecule has 2 rings (SSSR count). The van der Waals surface area contributed by atoms with Gasteiger partial charge in [0.25, 0.3) is 0 Å². The first-order chi connectivity index (χ1) is 8.61. The fourth-order valence-electron chi connectivity index (χ4n) is 2.65. The first-order valence-corrected chi connectivity index (χ1v) is 7.74. The van der Waals surface area contributed by atoms with Crippen molar-refractivity contribution in [3.8, 4) is 0 Å². The molecule has 1 aromatic carbocycles. The van der Waals surface area contributed by atoms with Gasteiger partial charge in [0, 0.05) is 35.2 Å². The number of likely N-dealkylation sites (N-methyl/N-ethyl adjacent to an activating group) is 1. The largest absolute Gasteiger partial charge is 0.367 e. The highest BCUT2D eigenvalue weighted by Crippen LogP contribution is 2.29. The molecule has 0 radical (unpaired) electrons. The van der Waals surface area contributed by atoms with Crippen molar-refractivity contribution in [3.05, 3.63) is 28.2 Å². The fourth-order valence-corrected chi connectivity index (χ4v) is 3.22. The van der Waals surface area contributed by atoms with Gasteiger partial charge in [0.05, 0.1) is 0 Å². The number of hydrogen-bond donors (Lipinski definition) is 0. The molecule has 100 valence electrons. The van der Waals surface area contributed by atoms with Crippen molar-refractivity contribution in [1.82, 2.24) is 4.90 Å². The van der Waals surface area contributed by atoms with E-state index in [2.05, 4.69) is 57.9 Å². The Balaban J connectivity index is 2.31. The molecule has 1 saturated heterocycles. The van der Waals surface area contributed by atoms with Gasteiger partial charge in [-0.05, 0) is 44.6 Å². The van der Waals surface area contributed by atoms with E-state index in [1.165, 1.54) is 24.2 Å². The molecule has 1 fully saturated rings. The van der Waals surface area contributed by atoms with Gasteiger partial charge in [-0.1, -0.05) is 22.0 Å². The Labute approximate surface area is 123 Å². The predicted octanol–water partition coefficient (Wildman–Crippen LogP) is 3.72. The van der Waals surface area contributed by atoms with Crippen LogP contribution in [0.2, 0.25) is 0 Å². The van der Waals surface area contributed by atoms with Crippen LogP contribution < -0.4 is 4.90 Å². The van der Waals surface area contributed by atoms with Crippen LogP contribution in [0.3, 0.4) is 0 Å². The summed E-state index contributed by atoms with van der Waals surface area (Å²) in [6, 6.07) is 6.90. The summed E-state index contributed by atoms with van der Waals surface area (Å²) in [5.41, 5.74) is 2.50. The third-order valence-corrected chi connectivity index (χ3v) is 4.33. The minimum atomic E-state index is 0.522. The highest BCUT2D eigenvalue weighted by molar-refractivity contribution is 9.10. The fraction of sp³-hybridized carbons (Fsp3) is 0.571. The van der Waals surface area contributed by atoms with Crippen LogP contribution in [0, 0.1) is 0 Å². The maximum Gasteiger partial charge on any atom is 0.0494 e. The lowest BCUT2D eigenvalue weighted by Crippen LogP contribution is -2.38. The molecule has 1 aliphatic rings. The first-order valence-electron chi connectivity index (χ1n) is 6.41. The molecule has 1 aromatic rings. The summed E-state index contributed by atoms with van der Waals surface area (Å²) in [7, 11) is 2.20.